The number of anilines is 1. The van der Waals surface area contributed by atoms with E-state index in [9.17, 15) is 0 Å². The van der Waals surface area contributed by atoms with Gasteiger partial charge in [-0.05, 0) is 39.4 Å². The molecular weight excluding hydrogens is 186 g/mol. The number of aromatic nitrogens is 1. The number of rotatable bonds is 4. The van der Waals surface area contributed by atoms with E-state index in [1.165, 1.54) is 0 Å². The molecule has 0 aliphatic heterocycles. The lowest BCUT2D eigenvalue weighted by Gasteiger charge is -2.22. The minimum atomic E-state index is 0.0941. The molecule has 0 amide bonds. The Labute approximate surface area is 92.3 Å². The van der Waals surface area contributed by atoms with Gasteiger partial charge in [0.05, 0.1) is 5.69 Å². The van der Waals surface area contributed by atoms with Crippen molar-refractivity contribution in [1.82, 2.24) is 10.3 Å². The molecular formula is C12H21N3. The van der Waals surface area contributed by atoms with Gasteiger partial charge in [-0.15, -0.1) is 0 Å². The van der Waals surface area contributed by atoms with Gasteiger partial charge in [-0.1, -0.05) is 6.92 Å². The normalized spacial score (nSPS) is 11.5. The van der Waals surface area contributed by atoms with Crippen LogP contribution in [0.5, 0.6) is 0 Å². The van der Waals surface area contributed by atoms with Gasteiger partial charge < -0.3 is 10.6 Å². The topological polar surface area (TPSA) is 37.0 Å². The molecule has 0 atom stereocenters. The van der Waals surface area contributed by atoms with Crippen molar-refractivity contribution in [2.45, 2.75) is 39.8 Å². The second-order valence-corrected chi connectivity index (χ2v) is 4.69. The van der Waals surface area contributed by atoms with Crippen molar-refractivity contribution in [3.05, 3.63) is 24.0 Å². The van der Waals surface area contributed by atoms with Gasteiger partial charge >= 0.3 is 0 Å². The first-order valence-corrected chi connectivity index (χ1v) is 5.45. The summed E-state index contributed by atoms with van der Waals surface area (Å²) in [5, 5.41) is 6.69. The molecule has 0 spiro atoms. The number of hydrogen-bond donors (Lipinski definition) is 2. The lowest BCUT2D eigenvalue weighted by molar-refractivity contribution is 0.633. The van der Waals surface area contributed by atoms with Crippen LogP contribution in [-0.2, 0) is 6.54 Å². The van der Waals surface area contributed by atoms with E-state index in [2.05, 4.69) is 49.4 Å². The Morgan fingerprint density at radius 1 is 1.33 bits per heavy atom. The summed E-state index contributed by atoms with van der Waals surface area (Å²) in [5.74, 6) is 0. The van der Waals surface area contributed by atoms with Crippen LogP contribution >= 0.6 is 0 Å². The zero-order valence-electron chi connectivity index (χ0n) is 10.1. The van der Waals surface area contributed by atoms with Gasteiger partial charge in [0, 0.05) is 24.0 Å². The lowest BCUT2D eigenvalue weighted by Crippen LogP contribution is -2.26. The molecule has 3 nitrogen and oxygen atoms in total. The fraction of sp³-hybridized carbons (Fsp3) is 0.583. The largest absolute Gasteiger partial charge is 0.380 e. The van der Waals surface area contributed by atoms with Crippen LogP contribution in [0, 0.1) is 0 Å². The number of nitrogens with zero attached hydrogens (tertiary/aromatic N) is 1. The predicted molar refractivity (Wildman–Crippen MR) is 65.0 cm³/mol. The Bertz CT molecular complexity index is 302. The summed E-state index contributed by atoms with van der Waals surface area (Å²) in [6.07, 6.45) is 1.85. The summed E-state index contributed by atoms with van der Waals surface area (Å²) in [6.45, 7) is 10.3. The van der Waals surface area contributed by atoms with Crippen LogP contribution in [0.15, 0.2) is 18.3 Å². The fourth-order valence-corrected chi connectivity index (χ4v) is 1.34. The molecule has 0 aromatic carbocycles. The Balaban J connectivity index is 2.66. The monoisotopic (exact) mass is 207 g/mol. The third-order valence-electron chi connectivity index (χ3n) is 1.89. The molecule has 0 saturated heterocycles. The summed E-state index contributed by atoms with van der Waals surface area (Å²) in [5.41, 5.74) is 2.30. The quantitative estimate of drug-likeness (QED) is 0.796. The molecule has 1 aromatic heterocycles. The maximum Gasteiger partial charge on any atom is 0.0562 e. The zero-order valence-corrected chi connectivity index (χ0v) is 10.1. The summed E-state index contributed by atoms with van der Waals surface area (Å²) in [4.78, 5) is 4.30. The molecule has 84 valence electrons. The van der Waals surface area contributed by atoms with Crippen LogP contribution in [0.1, 0.15) is 33.4 Å². The maximum atomic E-state index is 4.30. The highest BCUT2D eigenvalue weighted by atomic mass is 15.0. The first-order chi connectivity index (χ1) is 7.01. The lowest BCUT2D eigenvalue weighted by atomic mass is 10.1. The van der Waals surface area contributed by atoms with Crippen molar-refractivity contribution < 1.29 is 0 Å². The van der Waals surface area contributed by atoms with Gasteiger partial charge in [0.15, 0.2) is 0 Å². The SMILES string of the molecule is CCNCc1cc(NC(C)(C)C)ccn1. The summed E-state index contributed by atoms with van der Waals surface area (Å²) in [7, 11) is 0. The Morgan fingerprint density at radius 3 is 2.67 bits per heavy atom. The van der Waals surface area contributed by atoms with Crippen molar-refractivity contribution in [3.63, 3.8) is 0 Å². The highest BCUT2D eigenvalue weighted by Crippen LogP contribution is 2.14. The molecule has 3 heteroatoms. The van der Waals surface area contributed by atoms with Gasteiger partial charge in [0.25, 0.3) is 0 Å². The fourth-order valence-electron chi connectivity index (χ4n) is 1.34. The molecule has 0 radical (unpaired) electrons. The molecule has 0 bridgehead atoms. The Kier molecular flexibility index (Phi) is 4.09. The van der Waals surface area contributed by atoms with E-state index < -0.39 is 0 Å². The highest BCUT2D eigenvalue weighted by Gasteiger charge is 2.09. The van der Waals surface area contributed by atoms with E-state index in [4.69, 9.17) is 0 Å². The summed E-state index contributed by atoms with van der Waals surface area (Å²) < 4.78 is 0. The van der Waals surface area contributed by atoms with E-state index in [1.54, 1.807) is 0 Å². The molecule has 1 rings (SSSR count). The molecule has 0 aliphatic carbocycles. The minimum absolute atomic E-state index is 0.0941. The van der Waals surface area contributed by atoms with Crippen LogP contribution in [0.2, 0.25) is 0 Å². The van der Waals surface area contributed by atoms with Crippen molar-refractivity contribution in [2.75, 3.05) is 11.9 Å². The maximum absolute atomic E-state index is 4.30. The van der Waals surface area contributed by atoms with Gasteiger partial charge in [-0.25, -0.2) is 0 Å². The predicted octanol–water partition coefficient (Wildman–Crippen LogP) is 2.40. The van der Waals surface area contributed by atoms with Crippen LogP contribution in [-0.4, -0.2) is 17.1 Å². The smallest absolute Gasteiger partial charge is 0.0562 e. The average Bonchev–Trinajstić information content (AvgIpc) is 2.12. The zero-order chi connectivity index (χ0) is 11.3. The molecule has 2 N–H and O–H groups in total. The molecule has 0 unspecified atom stereocenters. The van der Waals surface area contributed by atoms with E-state index in [1.807, 2.05) is 12.3 Å². The Hall–Kier alpha value is -1.09. The average molecular weight is 207 g/mol. The van der Waals surface area contributed by atoms with E-state index >= 15 is 0 Å². The van der Waals surface area contributed by atoms with Crippen molar-refractivity contribution in [2.24, 2.45) is 0 Å². The third-order valence-corrected chi connectivity index (χ3v) is 1.89. The highest BCUT2D eigenvalue weighted by molar-refractivity contribution is 5.45. The number of pyridine rings is 1. The summed E-state index contributed by atoms with van der Waals surface area (Å²) >= 11 is 0. The number of hydrogen-bond acceptors (Lipinski definition) is 3. The minimum Gasteiger partial charge on any atom is -0.380 e. The first kappa shape index (κ1) is 12.0. The summed E-state index contributed by atoms with van der Waals surface area (Å²) in [6, 6.07) is 4.09. The van der Waals surface area contributed by atoms with Gasteiger partial charge in [0.2, 0.25) is 0 Å². The number of nitrogens with one attached hydrogen (secondary N) is 2. The van der Waals surface area contributed by atoms with Crippen LogP contribution in [0.3, 0.4) is 0 Å². The Morgan fingerprint density at radius 2 is 2.07 bits per heavy atom. The molecule has 0 saturated carbocycles. The third kappa shape index (κ3) is 4.79. The van der Waals surface area contributed by atoms with Crippen molar-refractivity contribution in [1.29, 1.82) is 0 Å². The van der Waals surface area contributed by atoms with Crippen molar-refractivity contribution in [3.8, 4) is 0 Å². The molecule has 15 heavy (non-hydrogen) atoms. The second-order valence-electron chi connectivity index (χ2n) is 4.69. The van der Waals surface area contributed by atoms with E-state index in [0.717, 1.165) is 24.5 Å². The van der Waals surface area contributed by atoms with Crippen LogP contribution < -0.4 is 10.6 Å². The molecule has 0 fully saturated rings. The van der Waals surface area contributed by atoms with E-state index in [0.29, 0.717) is 0 Å². The van der Waals surface area contributed by atoms with E-state index in [-0.39, 0.29) is 5.54 Å². The molecule has 0 aliphatic rings. The standard InChI is InChI=1S/C12H21N3/c1-5-13-9-11-8-10(6-7-14-11)15-12(2,3)4/h6-8,13H,5,9H2,1-4H3,(H,14,15). The van der Waals surface area contributed by atoms with Crippen molar-refractivity contribution >= 4 is 5.69 Å². The second kappa shape index (κ2) is 5.12. The molecule has 1 heterocycles. The van der Waals surface area contributed by atoms with Crippen LogP contribution in [0.4, 0.5) is 5.69 Å². The van der Waals surface area contributed by atoms with Gasteiger partial charge in [-0.2, -0.15) is 0 Å². The first-order valence-electron chi connectivity index (χ1n) is 5.45. The van der Waals surface area contributed by atoms with Gasteiger partial charge in [0.1, 0.15) is 0 Å². The van der Waals surface area contributed by atoms with Gasteiger partial charge in [-0.3, -0.25) is 4.98 Å². The van der Waals surface area contributed by atoms with Crippen LogP contribution in [0.25, 0.3) is 0 Å². The molecule has 1 aromatic rings.